The van der Waals surface area contributed by atoms with Crippen molar-refractivity contribution in [1.82, 2.24) is 9.97 Å². The van der Waals surface area contributed by atoms with Crippen molar-refractivity contribution in [1.29, 1.82) is 0 Å². The van der Waals surface area contributed by atoms with Crippen molar-refractivity contribution in [3.63, 3.8) is 0 Å². The topological polar surface area (TPSA) is 38.9 Å². The largest absolute Gasteiger partial charge is 0.464 e. The van der Waals surface area contributed by atoms with Crippen LogP contribution in [0, 0.1) is 0 Å². The minimum atomic E-state index is -1.28. The van der Waals surface area contributed by atoms with Crippen LogP contribution < -0.4 is 0 Å². The van der Waals surface area contributed by atoms with Crippen LogP contribution in [0.2, 0.25) is 0 Å². The molecule has 94 valence electrons. The van der Waals surface area contributed by atoms with Crippen molar-refractivity contribution in [2.24, 2.45) is 0 Å². The van der Waals surface area contributed by atoms with E-state index < -0.39 is 6.17 Å². The lowest BCUT2D eigenvalue weighted by molar-refractivity contribution is 0.400. The van der Waals surface area contributed by atoms with E-state index in [0.29, 0.717) is 16.9 Å². The van der Waals surface area contributed by atoms with Gasteiger partial charge in [-0.25, -0.2) is 14.4 Å². The maximum atomic E-state index is 14.6. The SMILES string of the molecule is FC(c1cncnc1)c1ccccc1-c1ccco1. The third-order valence-corrected chi connectivity index (χ3v) is 2.89. The molecule has 0 aliphatic rings. The Balaban J connectivity index is 2.06. The van der Waals surface area contributed by atoms with Crippen molar-refractivity contribution in [3.8, 4) is 11.3 Å². The van der Waals surface area contributed by atoms with Gasteiger partial charge in [0.1, 0.15) is 12.1 Å². The fraction of sp³-hybridized carbons (Fsp3) is 0.0667. The van der Waals surface area contributed by atoms with Crippen LogP contribution in [0.25, 0.3) is 11.3 Å². The molecule has 0 spiro atoms. The molecular weight excluding hydrogens is 243 g/mol. The molecule has 19 heavy (non-hydrogen) atoms. The molecule has 1 atom stereocenters. The minimum absolute atomic E-state index is 0.432. The van der Waals surface area contributed by atoms with Gasteiger partial charge in [-0.1, -0.05) is 24.3 Å². The quantitative estimate of drug-likeness (QED) is 0.713. The summed E-state index contributed by atoms with van der Waals surface area (Å²) in [5, 5.41) is 0. The zero-order chi connectivity index (χ0) is 13.1. The Labute approximate surface area is 109 Å². The zero-order valence-corrected chi connectivity index (χ0v) is 10.0. The van der Waals surface area contributed by atoms with Gasteiger partial charge in [-0.3, -0.25) is 0 Å². The van der Waals surface area contributed by atoms with Crippen LogP contribution >= 0.6 is 0 Å². The second-order valence-corrected chi connectivity index (χ2v) is 4.10. The molecule has 1 unspecified atom stereocenters. The molecule has 0 saturated carbocycles. The summed E-state index contributed by atoms with van der Waals surface area (Å²) < 4.78 is 19.9. The van der Waals surface area contributed by atoms with Crippen LogP contribution in [-0.4, -0.2) is 9.97 Å². The van der Waals surface area contributed by atoms with Crippen LogP contribution in [0.3, 0.4) is 0 Å². The lowest BCUT2D eigenvalue weighted by Gasteiger charge is -2.12. The second-order valence-electron chi connectivity index (χ2n) is 4.10. The number of nitrogens with zero attached hydrogens (tertiary/aromatic N) is 2. The van der Waals surface area contributed by atoms with Crippen LogP contribution in [0.5, 0.6) is 0 Å². The van der Waals surface area contributed by atoms with E-state index >= 15 is 0 Å². The summed E-state index contributed by atoms with van der Waals surface area (Å²) in [4.78, 5) is 7.70. The maximum absolute atomic E-state index is 14.6. The van der Waals surface area contributed by atoms with Crippen molar-refractivity contribution < 1.29 is 8.81 Å². The normalized spacial score (nSPS) is 12.3. The number of halogens is 1. The van der Waals surface area contributed by atoms with E-state index in [2.05, 4.69) is 9.97 Å². The number of benzene rings is 1. The van der Waals surface area contributed by atoms with Crippen molar-refractivity contribution in [2.45, 2.75) is 6.17 Å². The molecule has 2 aromatic heterocycles. The van der Waals surface area contributed by atoms with Gasteiger partial charge in [0.05, 0.1) is 6.26 Å². The number of alkyl halides is 1. The van der Waals surface area contributed by atoms with E-state index in [9.17, 15) is 4.39 Å². The zero-order valence-electron chi connectivity index (χ0n) is 10.0. The van der Waals surface area contributed by atoms with E-state index in [0.717, 1.165) is 5.56 Å². The summed E-state index contributed by atoms with van der Waals surface area (Å²) in [6, 6.07) is 10.8. The Kier molecular flexibility index (Phi) is 3.06. The first-order chi connectivity index (χ1) is 9.36. The molecule has 0 fully saturated rings. The molecule has 1 aromatic carbocycles. The smallest absolute Gasteiger partial charge is 0.154 e. The summed E-state index contributed by atoms with van der Waals surface area (Å²) in [6.45, 7) is 0. The molecule has 0 aliphatic carbocycles. The fourth-order valence-corrected chi connectivity index (χ4v) is 2.00. The van der Waals surface area contributed by atoms with Gasteiger partial charge in [0.25, 0.3) is 0 Å². The molecule has 0 aliphatic heterocycles. The molecule has 0 saturated heterocycles. The summed E-state index contributed by atoms with van der Waals surface area (Å²) in [5.41, 5.74) is 1.72. The van der Waals surface area contributed by atoms with E-state index in [4.69, 9.17) is 4.42 Å². The highest BCUT2D eigenvalue weighted by molar-refractivity contribution is 5.63. The molecule has 4 heteroatoms. The lowest BCUT2D eigenvalue weighted by Crippen LogP contribution is -1.98. The highest BCUT2D eigenvalue weighted by Gasteiger charge is 2.18. The summed E-state index contributed by atoms with van der Waals surface area (Å²) >= 11 is 0. The van der Waals surface area contributed by atoms with Gasteiger partial charge in [0, 0.05) is 29.1 Å². The third kappa shape index (κ3) is 2.25. The van der Waals surface area contributed by atoms with Gasteiger partial charge in [0.15, 0.2) is 6.17 Å². The van der Waals surface area contributed by atoms with Crippen LogP contribution in [-0.2, 0) is 0 Å². The predicted molar refractivity (Wildman–Crippen MR) is 69.1 cm³/mol. The van der Waals surface area contributed by atoms with Crippen LogP contribution in [0.15, 0.2) is 65.8 Å². The summed E-state index contributed by atoms with van der Waals surface area (Å²) in [6.07, 6.45) is 4.65. The fourth-order valence-electron chi connectivity index (χ4n) is 2.00. The highest BCUT2D eigenvalue weighted by Crippen LogP contribution is 2.33. The van der Waals surface area contributed by atoms with Gasteiger partial charge < -0.3 is 4.42 Å². The Morgan fingerprint density at radius 3 is 2.53 bits per heavy atom. The van der Waals surface area contributed by atoms with E-state index in [1.165, 1.54) is 18.7 Å². The van der Waals surface area contributed by atoms with E-state index in [-0.39, 0.29) is 0 Å². The Morgan fingerprint density at radius 1 is 1.00 bits per heavy atom. The maximum Gasteiger partial charge on any atom is 0.154 e. The molecule has 0 N–H and O–H groups in total. The monoisotopic (exact) mass is 254 g/mol. The summed E-state index contributed by atoms with van der Waals surface area (Å²) in [5.74, 6) is 0.648. The van der Waals surface area contributed by atoms with Crippen LogP contribution in [0.1, 0.15) is 17.3 Å². The molecule has 0 radical (unpaired) electrons. The standard InChI is InChI=1S/C15H11FN2O/c16-15(11-8-17-10-18-9-11)13-5-2-1-4-12(13)14-6-3-7-19-14/h1-10,15H. The molecule has 0 bridgehead atoms. The molecule has 0 amide bonds. The Morgan fingerprint density at radius 2 is 1.79 bits per heavy atom. The average molecular weight is 254 g/mol. The number of hydrogen-bond donors (Lipinski definition) is 0. The van der Waals surface area contributed by atoms with E-state index in [1.54, 1.807) is 24.5 Å². The molecule has 2 heterocycles. The van der Waals surface area contributed by atoms with Crippen molar-refractivity contribution in [2.75, 3.05) is 0 Å². The van der Waals surface area contributed by atoms with Crippen molar-refractivity contribution >= 4 is 0 Å². The Bertz CT molecular complexity index is 653. The number of aromatic nitrogens is 2. The number of rotatable bonds is 3. The second kappa shape index (κ2) is 5.02. The minimum Gasteiger partial charge on any atom is -0.464 e. The Hall–Kier alpha value is -2.49. The lowest BCUT2D eigenvalue weighted by atomic mass is 9.98. The molecule has 3 nitrogen and oxygen atoms in total. The van der Waals surface area contributed by atoms with Gasteiger partial charge in [0.2, 0.25) is 0 Å². The third-order valence-electron chi connectivity index (χ3n) is 2.89. The number of furan rings is 1. The van der Waals surface area contributed by atoms with E-state index in [1.807, 2.05) is 18.2 Å². The van der Waals surface area contributed by atoms with Crippen molar-refractivity contribution in [3.05, 3.63) is 72.5 Å². The van der Waals surface area contributed by atoms with Crippen LogP contribution in [0.4, 0.5) is 4.39 Å². The van der Waals surface area contributed by atoms with Gasteiger partial charge >= 0.3 is 0 Å². The first-order valence-corrected chi connectivity index (χ1v) is 5.88. The summed E-state index contributed by atoms with van der Waals surface area (Å²) in [7, 11) is 0. The molecule has 3 rings (SSSR count). The number of hydrogen-bond acceptors (Lipinski definition) is 3. The van der Waals surface area contributed by atoms with Gasteiger partial charge in [-0.15, -0.1) is 0 Å². The predicted octanol–water partition coefficient (Wildman–Crippen LogP) is 3.80. The first-order valence-electron chi connectivity index (χ1n) is 5.88. The van der Waals surface area contributed by atoms with Gasteiger partial charge in [-0.05, 0) is 12.1 Å². The highest BCUT2D eigenvalue weighted by atomic mass is 19.1. The van der Waals surface area contributed by atoms with Gasteiger partial charge in [-0.2, -0.15) is 0 Å². The molecular formula is C15H11FN2O. The average Bonchev–Trinajstić information content (AvgIpc) is 3.01. The molecule has 3 aromatic rings. The first kappa shape index (κ1) is 11.6.